The summed E-state index contributed by atoms with van der Waals surface area (Å²) in [5.41, 5.74) is 1.71. The first-order valence-corrected chi connectivity index (χ1v) is 7.90. The molecule has 0 heterocycles. The molecular formula is C13H21NO3S. The Morgan fingerprint density at radius 2 is 1.89 bits per heavy atom. The number of aliphatic hydroxyl groups excluding tert-OH is 1. The van der Waals surface area contributed by atoms with Gasteiger partial charge in [0.15, 0.2) is 0 Å². The van der Waals surface area contributed by atoms with Gasteiger partial charge in [-0.3, -0.25) is 4.31 Å². The Morgan fingerprint density at radius 3 is 2.39 bits per heavy atom. The number of para-hydroxylation sites is 1. The van der Waals surface area contributed by atoms with Gasteiger partial charge < -0.3 is 5.11 Å². The minimum Gasteiger partial charge on any atom is -0.396 e. The van der Waals surface area contributed by atoms with Crippen molar-refractivity contribution in [1.29, 1.82) is 0 Å². The van der Waals surface area contributed by atoms with E-state index in [9.17, 15) is 8.42 Å². The summed E-state index contributed by atoms with van der Waals surface area (Å²) in [5.74, 6) is 0.250. The number of hydrogen-bond donors (Lipinski definition) is 1. The van der Waals surface area contributed by atoms with Gasteiger partial charge in [-0.15, -0.1) is 0 Å². The summed E-state index contributed by atoms with van der Waals surface area (Å²) in [5, 5.41) is 8.88. The largest absolute Gasteiger partial charge is 0.396 e. The summed E-state index contributed by atoms with van der Waals surface area (Å²) < 4.78 is 25.1. The van der Waals surface area contributed by atoms with Gasteiger partial charge in [0.1, 0.15) is 0 Å². The predicted octanol–water partition coefficient (Wildman–Crippen LogP) is 1.96. The molecule has 102 valence electrons. The molecule has 0 unspecified atom stereocenters. The van der Waals surface area contributed by atoms with E-state index in [1.54, 1.807) is 0 Å². The van der Waals surface area contributed by atoms with Crippen LogP contribution >= 0.6 is 0 Å². The molecule has 0 radical (unpaired) electrons. The maximum Gasteiger partial charge on any atom is 0.232 e. The fourth-order valence-electron chi connectivity index (χ4n) is 1.88. The Hall–Kier alpha value is -1.07. The molecule has 0 atom stereocenters. The lowest BCUT2D eigenvalue weighted by Crippen LogP contribution is -2.32. The molecule has 0 saturated carbocycles. The van der Waals surface area contributed by atoms with Gasteiger partial charge in [0.05, 0.1) is 11.9 Å². The number of benzene rings is 1. The summed E-state index contributed by atoms with van der Waals surface area (Å²) in [6.45, 7) is 4.35. The number of anilines is 1. The fraction of sp³-hybridized carbons (Fsp3) is 0.538. The molecule has 0 saturated heterocycles. The van der Waals surface area contributed by atoms with Crippen molar-refractivity contribution in [3.8, 4) is 0 Å². The molecular weight excluding hydrogens is 250 g/mol. The maximum atomic E-state index is 11.9. The molecule has 1 N–H and O–H groups in total. The number of sulfonamides is 1. The van der Waals surface area contributed by atoms with Gasteiger partial charge in [-0.25, -0.2) is 8.42 Å². The van der Waals surface area contributed by atoms with E-state index in [1.165, 1.54) is 10.6 Å². The first-order valence-electron chi connectivity index (χ1n) is 6.05. The average molecular weight is 271 g/mol. The first-order chi connectivity index (χ1) is 8.38. The van der Waals surface area contributed by atoms with Crippen LogP contribution in [0.4, 0.5) is 5.69 Å². The maximum absolute atomic E-state index is 11.9. The molecule has 1 aromatic rings. The van der Waals surface area contributed by atoms with Gasteiger partial charge in [-0.2, -0.15) is 0 Å². The topological polar surface area (TPSA) is 57.6 Å². The minimum absolute atomic E-state index is 0.0180. The van der Waals surface area contributed by atoms with Gasteiger partial charge in [0.25, 0.3) is 0 Å². The molecule has 0 aliphatic heterocycles. The number of hydrogen-bond acceptors (Lipinski definition) is 3. The van der Waals surface area contributed by atoms with Crippen molar-refractivity contribution in [3.05, 3.63) is 29.8 Å². The molecule has 5 heteroatoms. The molecule has 4 nitrogen and oxygen atoms in total. The van der Waals surface area contributed by atoms with Gasteiger partial charge in [-0.1, -0.05) is 32.0 Å². The van der Waals surface area contributed by atoms with Crippen LogP contribution < -0.4 is 4.31 Å². The molecule has 0 aliphatic rings. The van der Waals surface area contributed by atoms with E-state index in [0.717, 1.165) is 5.56 Å². The number of nitrogens with zero attached hydrogens (tertiary/aromatic N) is 1. The van der Waals surface area contributed by atoms with Crippen LogP contribution in [0.5, 0.6) is 0 Å². The highest BCUT2D eigenvalue weighted by Crippen LogP contribution is 2.28. The van der Waals surface area contributed by atoms with Crippen molar-refractivity contribution >= 4 is 15.7 Å². The lowest BCUT2D eigenvalue weighted by atomic mass is 10.0. The van der Waals surface area contributed by atoms with Crippen LogP contribution in [-0.4, -0.2) is 32.9 Å². The summed E-state index contributed by atoms with van der Waals surface area (Å²) in [4.78, 5) is 0. The molecule has 0 aliphatic carbocycles. The molecule has 0 fully saturated rings. The highest BCUT2D eigenvalue weighted by atomic mass is 32.2. The van der Waals surface area contributed by atoms with E-state index < -0.39 is 10.0 Å². The lowest BCUT2D eigenvalue weighted by molar-refractivity contribution is 0.291. The number of rotatable bonds is 6. The van der Waals surface area contributed by atoms with Gasteiger partial charge in [-0.05, 0) is 24.0 Å². The Kier molecular flexibility index (Phi) is 5.16. The van der Waals surface area contributed by atoms with E-state index in [0.29, 0.717) is 18.7 Å². The smallest absolute Gasteiger partial charge is 0.232 e. The van der Waals surface area contributed by atoms with E-state index in [1.807, 2.05) is 38.1 Å². The quantitative estimate of drug-likeness (QED) is 0.860. The van der Waals surface area contributed by atoms with E-state index in [-0.39, 0.29) is 12.5 Å². The summed E-state index contributed by atoms with van der Waals surface area (Å²) in [6.07, 6.45) is 1.63. The molecule has 1 rings (SSSR count). The van der Waals surface area contributed by atoms with Crippen molar-refractivity contribution in [2.24, 2.45) is 0 Å². The summed E-state index contributed by atoms with van der Waals surface area (Å²) in [7, 11) is -3.32. The van der Waals surface area contributed by atoms with Crippen molar-refractivity contribution in [2.75, 3.05) is 23.7 Å². The van der Waals surface area contributed by atoms with Crippen LogP contribution in [-0.2, 0) is 10.0 Å². The van der Waals surface area contributed by atoms with Crippen LogP contribution in [0, 0.1) is 0 Å². The Balaban J connectivity index is 3.21. The predicted molar refractivity (Wildman–Crippen MR) is 74.4 cm³/mol. The third-order valence-electron chi connectivity index (χ3n) is 2.75. The average Bonchev–Trinajstić information content (AvgIpc) is 2.28. The van der Waals surface area contributed by atoms with Crippen LogP contribution in [0.25, 0.3) is 0 Å². The normalized spacial score (nSPS) is 11.8. The highest BCUT2D eigenvalue weighted by Gasteiger charge is 2.20. The third kappa shape index (κ3) is 3.71. The molecule has 18 heavy (non-hydrogen) atoms. The third-order valence-corrected chi connectivity index (χ3v) is 3.93. The zero-order valence-corrected chi connectivity index (χ0v) is 11.9. The van der Waals surface area contributed by atoms with E-state index in [2.05, 4.69) is 0 Å². The van der Waals surface area contributed by atoms with Gasteiger partial charge >= 0.3 is 0 Å². The highest BCUT2D eigenvalue weighted by molar-refractivity contribution is 7.92. The Labute approximate surface area is 109 Å². The van der Waals surface area contributed by atoms with Crippen molar-refractivity contribution in [3.63, 3.8) is 0 Å². The van der Waals surface area contributed by atoms with Crippen molar-refractivity contribution in [1.82, 2.24) is 0 Å². The second kappa shape index (κ2) is 6.20. The zero-order chi connectivity index (χ0) is 13.8. The van der Waals surface area contributed by atoms with E-state index in [4.69, 9.17) is 5.11 Å². The summed E-state index contributed by atoms with van der Waals surface area (Å²) in [6, 6.07) is 7.49. The van der Waals surface area contributed by atoms with Crippen LogP contribution in [0.3, 0.4) is 0 Å². The molecule has 1 aromatic carbocycles. The number of aliphatic hydroxyl groups is 1. The first kappa shape index (κ1) is 15.0. The second-order valence-electron chi connectivity index (χ2n) is 4.63. The lowest BCUT2D eigenvalue weighted by Gasteiger charge is -2.25. The molecule has 0 aromatic heterocycles. The van der Waals surface area contributed by atoms with Crippen LogP contribution in [0.2, 0.25) is 0 Å². The summed E-state index contributed by atoms with van der Waals surface area (Å²) >= 11 is 0. The molecule has 0 bridgehead atoms. The van der Waals surface area contributed by atoms with Crippen molar-refractivity contribution < 1.29 is 13.5 Å². The molecule has 0 spiro atoms. The van der Waals surface area contributed by atoms with Gasteiger partial charge in [0.2, 0.25) is 10.0 Å². The van der Waals surface area contributed by atoms with Crippen LogP contribution in [0.15, 0.2) is 24.3 Å². The zero-order valence-electron chi connectivity index (χ0n) is 11.1. The molecule has 0 amide bonds. The Bertz CT molecular complexity index is 483. The monoisotopic (exact) mass is 271 g/mol. The second-order valence-corrected chi connectivity index (χ2v) is 6.53. The van der Waals surface area contributed by atoms with E-state index >= 15 is 0 Å². The SMILES string of the molecule is CC(C)c1ccccc1N(CCCO)S(C)(=O)=O. The Morgan fingerprint density at radius 1 is 1.28 bits per heavy atom. The van der Waals surface area contributed by atoms with Gasteiger partial charge in [0, 0.05) is 13.2 Å². The minimum atomic E-state index is -3.32. The standard InChI is InChI=1S/C13H21NO3S/c1-11(2)12-7-4-5-8-13(12)14(9-6-10-15)18(3,16)17/h4-5,7-8,11,15H,6,9-10H2,1-3H3. The fourth-order valence-corrected chi connectivity index (χ4v) is 2.87. The van der Waals surface area contributed by atoms with Crippen LogP contribution in [0.1, 0.15) is 31.7 Å². The van der Waals surface area contributed by atoms with Crippen molar-refractivity contribution in [2.45, 2.75) is 26.2 Å².